The van der Waals surface area contributed by atoms with E-state index in [1.54, 1.807) is 6.92 Å². The van der Waals surface area contributed by atoms with Gasteiger partial charge in [-0.15, -0.1) is 11.3 Å². The molecule has 0 aromatic carbocycles. The molecule has 10 heteroatoms. The van der Waals surface area contributed by atoms with Gasteiger partial charge >= 0.3 is 12.1 Å². The lowest BCUT2D eigenvalue weighted by Gasteiger charge is -2.34. The van der Waals surface area contributed by atoms with Gasteiger partial charge in [0.2, 0.25) is 0 Å². The van der Waals surface area contributed by atoms with Gasteiger partial charge < -0.3 is 5.11 Å². The summed E-state index contributed by atoms with van der Waals surface area (Å²) < 4.78 is 63.3. The quantitative estimate of drug-likeness (QED) is 0.902. The largest absolute Gasteiger partial charge is 0.481 e. The van der Waals surface area contributed by atoms with E-state index in [2.05, 4.69) is 0 Å². The number of sulfonamides is 1. The molecule has 1 N–H and O–H groups in total. The zero-order valence-electron chi connectivity index (χ0n) is 11.5. The van der Waals surface area contributed by atoms with Crippen LogP contribution in [0.3, 0.4) is 0 Å². The maximum Gasteiger partial charge on any atom is 0.425 e. The van der Waals surface area contributed by atoms with Crippen molar-refractivity contribution in [3.63, 3.8) is 0 Å². The van der Waals surface area contributed by atoms with E-state index in [1.165, 1.54) is 0 Å². The molecule has 1 aromatic rings. The van der Waals surface area contributed by atoms with E-state index in [4.69, 9.17) is 5.11 Å². The van der Waals surface area contributed by atoms with Crippen LogP contribution in [0.15, 0.2) is 16.3 Å². The Morgan fingerprint density at radius 2 is 2.00 bits per heavy atom. The molecular formula is C12H14F3NO4S2. The third-order valence-corrected chi connectivity index (χ3v) is 7.18. The molecule has 1 aliphatic rings. The van der Waals surface area contributed by atoms with Crippen LogP contribution in [-0.4, -0.2) is 36.4 Å². The molecule has 1 aromatic heterocycles. The van der Waals surface area contributed by atoms with Crippen molar-refractivity contribution in [3.8, 4) is 0 Å². The summed E-state index contributed by atoms with van der Waals surface area (Å²) in [7, 11) is -4.13. The molecule has 22 heavy (non-hydrogen) atoms. The minimum atomic E-state index is -4.60. The Hall–Kier alpha value is -1.13. The van der Waals surface area contributed by atoms with Crippen LogP contribution in [0, 0.1) is 5.92 Å². The van der Waals surface area contributed by atoms with Gasteiger partial charge in [0.1, 0.15) is 9.09 Å². The first-order valence-electron chi connectivity index (χ1n) is 6.45. The van der Waals surface area contributed by atoms with Crippen LogP contribution in [0.25, 0.3) is 0 Å². The molecule has 2 atom stereocenters. The second-order valence-electron chi connectivity index (χ2n) is 5.15. The van der Waals surface area contributed by atoms with E-state index in [0.717, 1.165) is 16.4 Å². The van der Waals surface area contributed by atoms with E-state index < -0.39 is 43.2 Å². The molecule has 0 aliphatic carbocycles. The topological polar surface area (TPSA) is 74.7 Å². The molecule has 2 rings (SSSR count). The molecule has 124 valence electrons. The Bertz CT molecular complexity index is 668. The van der Waals surface area contributed by atoms with Gasteiger partial charge in [0.05, 0.1) is 5.92 Å². The fourth-order valence-electron chi connectivity index (χ4n) is 2.34. The van der Waals surface area contributed by atoms with E-state index >= 15 is 0 Å². The van der Waals surface area contributed by atoms with E-state index in [1.807, 2.05) is 0 Å². The fraction of sp³-hybridized carbons (Fsp3) is 0.583. The highest BCUT2D eigenvalue weighted by Gasteiger charge is 2.40. The molecule has 0 spiro atoms. The molecule has 1 aliphatic heterocycles. The van der Waals surface area contributed by atoms with Gasteiger partial charge in [0.15, 0.2) is 0 Å². The van der Waals surface area contributed by atoms with Crippen LogP contribution in [0.1, 0.15) is 24.6 Å². The highest BCUT2D eigenvalue weighted by molar-refractivity contribution is 7.91. The molecule has 0 saturated carbocycles. The lowest BCUT2D eigenvalue weighted by Crippen LogP contribution is -2.47. The summed E-state index contributed by atoms with van der Waals surface area (Å²) in [5.74, 6) is -1.94. The van der Waals surface area contributed by atoms with Gasteiger partial charge in [-0.1, -0.05) is 0 Å². The van der Waals surface area contributed by atoms with E-state index in [9.17, 15) is 26.4 Å². The third-order valence-electron chi connectivity index (χ3n) is 3.60. The number of carboxylic acids is 1. The van der Waals surface area contributed by atoms with Crippen LogP contribution < -0.4 is 0 Å². The average molecular weight is 357 g/mol. The van der Waals surface area contributed by atoms with Crippen LogP contribution in [0.5, 0.6) is 0 Å². The first kappa shape index (κ1) is 17.2. The van der Waals surface area contributed by atoms with Crippen molar-refractivity contribution in [2.45, 2.75) is 36.2 Å². The number of aliphatic carboxylic acids is 1. The van der Waals surface area contributed by atoms with Gasteiger partial charge in [-0.3, -0.25) is 4.79 Å². The predicted octanol–water partition coefficient (Wildman–Crippen LogP) is 2.64. The Balaban J connectivity index is 2.32. The van der Waals surface area contributed by atoms with Crippen molar-refractivity contribution in [2.75, 3.05) is 6.54 Å². The van der Waals surface area contributed by atoms with Crippen molar-refractivity contribution in [3.05, 3.63) is 17.0 Å². The molecule has 0 bridgehead atoms. The number of hydrogen-bond donors (Lipinski definition) is 1. The maximum atomic E-state index is 12.6. The number of thiophene rings is 1. The van der Waals surface area contributed by atoms with Crippen molar-refractivity contribution >= 4 is 27.3 Å². The van der Waals surface area contributed by atoms with Gasteiger partial charge in [-0.2, -0.15) is 17.5 Å². The van der Waals surface area contributed by atoms with Gasteiger partial charge in [-0.25, -0.2) is 8.42 Å². The number of nitrogens with zero attached hydrogens (tertiary/aromatic N) is 1. The summed E-state index contributed by atoms with van der Waals surface area (Å²) >= 11 is 0.150. The molecular weight excluding hydrogens is 343 g/mol. The molecule has 5 nitrogen and oxygen atoms in total. The number of piperidine rings is 1. The van der Waals surface area contributed by atoms with Crippen molar-refractivity contribution in [1.82, 2.24) is 4.31 Å². The lowest BCUT2D eigenvalue weighted by atomic mass is 9.96. The minimum Gasteiger partial charge on any atom is -0.481 e. The van der Waals surface area contributed by atoms with Gasteiger partial charge in [0, 0.05) is 12.6 Å². The highest BCUT2D eigenvalue weighted by Crippen LogP contribution is 2.38. The highest BCUT2D eigenvalue weighted by atomic mass is 32.2. The molecule has 1 fully saturated rings. The smallest absolute Gasteiger partial charge is 0.425 e. The van der Waals surface area contributed by atoms with E-state index in [-0.39, 0.29) is 17.9 Å². The van der Waals surface area contributed by atoms with Crippen LogP contribution in [0.2, 0.25) is 0 Å². The summed E-state index contributed by atoms with van der Waals surface area (Å²) in [4.78, 5) is 10.0. The normalized spacial score (nSPS) is 24.4. The number of carboxylic acid groups (broad SMARTS) is 1. The summed E-state index contributed by atoms with van der Waals surface area (Å²) in [6.45, 7) is 1.39. The predicted molar refractivity (Wildman–Crippen MR) is 73.0 cm³/mol. The Kier molecular flexibility index (Phi) is 4.56. The zero-order chi connectivity index (χ0) is 16.7. The van der Waals surface area contributed by atoms with Crippen LogP contribution in [0.4, 0.5) is 13.2 Å². The average Bonchev–Trinajstić information content (AvgIpc) is 2.88. The van der Waals surface area contributed by atoms with E-state index in [0.29, 0.717) is 12.8 Å². The standard InChI is InChI=1S/C12H14F3NO4S2/c1-7-2-3-8(11(17)18)6-16(7)22(19,20)10-5-4-9(21-10)12(13,14)15/h4-5,7-8H,2-3,6H2,1H3,(H,17,18). The van der Waals surface area contributed by atoms with Gasteiger partial charge in [-0.05, 0) is 31.9 Å². The fourth-order valence-corrected chi connectivity index (χ4v) is 5.35. The number of hydrogen-bond acceptors (Lipinski definition) is 4. The monoisotopic (exact) mass is 357 g/mol. The van der Waals surface area contributed by atoms with Gasteiger partial charge in [0.25, 0.3) is 10.0 Å². The second kappa shape index (κ2) is 5.82. The number of rotatable bonds is 3. The molecule has 0 amide bonds. The third kappa shape index (κ3) is 3.28. The van der Waals surface area contributed by atoms with Crippen molar-refractivity contribution in [1.29, 1.82) is 0 Å². The Morgan fingerprint density at radius 1 is 1.36 bits per heavy atom. The summed E-state index contributed by atoms with van der Waals surface area (Å²) in [6.07, 6.45) is -3.90. The van der Waals surface area contributed by atoms with Crippen LogP contribution >= 0.6 is 11.3 Å². The Morgan fingerprint density at radius 3 is 2.50 bits per heavy atom. The molecule has 2 unspecified atom stereocenters. The molecule has 0 radical (unpaired) electrons. The summed E-state index contributed by atoms with van der Waals surface area (Å²) in [6, 6.07) is 1.19. The Labute approximate surface area is 129 Å². The SMILES string of the molecule is CC1CCC(C(=O)O)CN1S(=O)(=O)c1ccc(C(F)(F)F)s1. The maximum absolute atomic E-state index is 12.6. The number of carbonyl (C=O) groups is 1. The number of halogens is 3. The number of alkyl halides is 3. The first-order valence-corrected chi connectivity index (χ1v) is 8.71. The minimum absolute atomic E-state index is 0.150. The first-order chi connectivity index (χ1) is 10.0. The van der Waals surface area contributed by atoms with Crippen molar-refractivity contribution < 1.29 is 31.5 Å². The van der Waals surface area contributed by atoms with Crippen LogP contribution in [-0.2, 0) is 21.0 Å². The molecule has 1 saturated heterocycles. The van der Waals surface area contributed by atoms with Crippen molar-refractivity contribution in [2.24, 2.45) is 5.92 Å². The summed E-state index contributed by atoms with van der Waals surface area (Å²) in [5.41, 5.74) is 0. The molecule has 2 heterocycles. The summed E-state index contributed by atoms with van der Waals surface area (Å²) in [5, 5.41) is 9.02. The second-order valence-corrected chi connectivity index (χ2v) is 8.35. The lowest BCUT2D eigenvalue weighted by molar-refractivity contribution is -0.143. The zero-order valence-corrected chi connectivity index (χ0v) is 13.1.